The smallest absolute Gasteiger partial charge is 0.126 e. The van der Waals surface area contributed by atoms with Gasteiger partial charge in [-0.05, 0) is 42.0 Å². The van der Waals surface area contributed by atoms with Gasteiger partial charge in [0.2, 0.25) is 0 Å². The van der Waals surface area contributed by atoms with Crippen molar-refractivity contribution >= 4 is 40.7 Å². The van der Waals surface area contributed by atoms with Gasteiger partial charge < -0.3 is 5.73 Å². The molecule has 0 radical (unpaired) electrons. The van der Waals surface area contributed by atoms with Gasteiger partial charge in [-0.15, -0.1) is 11.8 Å². The molecule has 5 heteroatoms. The minimum atomic E-state index is -0.338. The second-order valence-electron chi connectivity index (χ2n) is 3.74. The van der Waals surface area contributed by atoms with Crippen molar-refractivity contribution in [3.8, 4) is 0 Å². The molecule has 2 N–H and O–H groups in total. The standard InChI is InChI=1S/C13H10Cl2FNS/c14-9-1-2-13(15)8(3-9)7-18-12-5-10(16)4-11(17)6-12/h1-6H,7,17H2. The summed E-state index contributed by atoms with van der Waals surface area (Å²) in [6.07, 6.45) is 0. The summed E-state index contributed by atoms with van der Waals surface area (Å²) in [5, 5.41) is 1.28. The molecule has 2 aromatic carbocycles. The maximum Gasteiger partial charge on any atom is 0.126 e. The minimum Gasteiger partial charge on any atom is -0.399 e. The highest BCUT2D eigenvalue weighted by Crippen LogP contribution is 2.29. The van der Waals surface area contributed by atoms with Gasteiger partial charge in [0, 0.05) is 26.4 Å². The molecule has 0 fully saturated rings. The number of halogens is 3. The minimum absolute atomic E-state index is 0.338. The van der Waals surface area contributed by atoms with Gasteiger partial charge >= 0.3 is 0 Å². The van der Waals surface area contributed by atoms with Gasteiger partial charge in [-0.3, -0.25) is 0 Å². The zero-order valence-corrected chi connectivity index (χ0v) is 11.6. The number of hydrogen-bond donors (Lipinski definition) is 1. The molecule has 2 aromatic rings. The van der Waals surface area contributed by atoms with Crippen LogP contribution < -0.4 is 5.73 Å². The Morgan fingerprint density at radius 2 is 1.89 bits per heavy atom. The maximum atomic E-state index is 13.2. The first-order valence-electron chi connectivity index (χ1n) is 5.17. The summed E-state index contributed by atoms with van der Waals surface area (Å²) in [7, 11) is 0. The van der Waals surface area contributed by atoms with Gasteiger partial charge in [0.1, 0.15) is 5.82 Å². The lowest BCUT2D eigenvalue weighted by Crippen LogP contribution is -1.88. The van der Waals surface area contributed by atoms with Crippen LogP contribution in [-0.2, 0) is 5.75 Å². The molecule has 0 aliphatic rings. The predicted octanol–water partition coefficient (Wildman–Crippen LogP) is 5.01. The van der Waals surface area contributed by atoms with E-state index in [2.05, 4.69) is 0 Å². The van der Waals surface area contributed by atoms with Crippen LogP contribution in [0.1, 0.15) is 5.56 Å². The Kier molecular flexibility index (Phi) is 4.38. The quantitative estimate of drug-likeness (QED) is 0.637. The number of nitrogens with two attached hydrogens (primary N) is 1. The molecule has 1 nitrogen and oxygen atoms in total. The van der Waals surface area contributed by atoms with E-state index in [0.717, 1.165) is 10.5 Å². The normalized spacial score (nSPS) is 10.6. The summed E-state index contributed by atoms with van der Waals surface area (Å²) in [4.78, 5) is 0.767. The highest BCUT2D eigenvalue weighted by molar-refractivity contribution is 7.98. The van der Waals surface area contributed by atoms with Crippen LogP contribution in [0.4, 0.5) is 10.1 Å². The third-order valence-electron chi connectivity index (χ3n) is 2.30. The topological polar surface area (TPSA) is 26.0 Å². The molecule has 2 rings (SSSR count). The van der Waals surface area contributed by atoms with Crippen molar-refractivity contribution in [2.45, 2.75) is 10.6 Å². The lowest BCUT2D eigenvalue weighted by atomic mass is 10.2. The zero-order chi connectivity index (χ0) is 13.1. The van der Waals surface area contributed by atoms with Crippen LogP contribution in [0.2, 0.25) is 10.0 Å². The molecule has 0 amide bonds. The third-order valence-corrected chi connectivity index (χ3v) is 3.92. The van der Waals surface area contributed by atoms with Crippen LogP contribution in [0.25, 0.3) is 0 Å². The molecular formula is C13H10Cl2FNS. The Morgan fingerprint density at radius 1 is 1.11 bits per heavy atom. The summed E-state index contributed by atoms with van der Waals surface area (Å²) in [6, 6.07) is 9.75. The van der Waals surface area contributed by atoms with Crippen LogP contribution >= 0.6 is 35.0 Å². The van der Waals surface area contributed by atoms with Crippen molar-refractivity contribution in [1.82, 2.24) is 0 Å². The first-order chi connectivity index (χ1) is 8.54. The van der Waals surface area contributed by atoms with Crippen LogP contribution in [0.5, 0.6) is 0 Å². The summed E-state index contributed by atoms with van der Waals surface area (Å²) in [6.45, 7) is 0. The molecule has 0 saturated heterocycles. The largest absolute Gasteiger partial charge is 0.399 e. The van der Waals surface area contributed by atoms with Crippen LogP contribution in [0.15, 0.2) is 41.3 Å². The van der Waals surface area contributed by atoms with E-state index in [4.69, 9.17) is 28.9 Å². The van der Waals surface area contributed by atoms with Crippen LogP contribution in [0.3, 0.4) is 0 Å². The fraction of sp³-hybridized carbons (Fsp3) is 0.0769. The van der Waals surface area contributed by atoms with E-state index in [1.165, 1.54) is 23.9 Å². The van der Waals surface area contributed by atoms with Gasteiger partial charge in [-0.25, -0.2) is 4.39 Å². The van der Waals surface area contributed by atoms with E-state index in [1.807, 2.05) is 0 Å². The van der Waals surface area contributed by atoms with Gasteiger partial charge in [-0.1, -0.05) is 23.2 Å². The van der Waals surface area contributed by atoms with E-state index in [9.17, 15) is 4.39 Å². The molecule has 0 unspecified atom stereocenters. The molecular weight excluding hydrogens is 292 g/mol. The highest BCUT2D eigenvalue weighted by atomic mass is 35.5. The van der Waals surface area contributed by atoms with E-state index >= 15 is 0 Å². The number of hydrogen-bond acceptors (Lipinski definition) is 2. The Morgan fingerprint density at radius 3 is 2.61 bits per heavy atom. The summed E-state index contributed by atoms with van der Waals surface area (Å²) >= 11 is 13.4. The number of thioether (sulfide) groups is 1. The molecule has 0 aromatic heterocycles. The first kappa shape index (κ1) is 13.5. The van der Waals surface area contributed by atoms with E-state index in [-0.39, 0.29) is 5.82 Å². The van der Waals surface area contributed by atoms with E-state index in [0.29, 0.717) is 21.5 Å². The van der Waals surface area contributed by atoms with Crippen molar-refractivity contribution < 1.29 is 4.39 Å². The number of benzene rings is 2. The molecule has 0 aliphatic carbocycles. The van der Waals surface area contributed by atoms with Gasteiger partial charge in [0.05, 0.1) is 0 Å². The van der Waals surface area contributed by atoms with Crippen LogP contribution in [0, 0.1) is 5.82 Å². The predicted molar refractivity (Wildman–Crippen MR) is 76.8 cm³/mol. The van der Waals surface area contributed by atoms with Gasteiger partial charge in [0.25, 0.3) is 0 Å². The maximum absolute atomic E-state index is 13.2. The van der Waals surface area contributed by atoms with Crippen molar-refractivity contribution in [3.05, 3.63) is 57.8 Å². The van der Waals surface area contributed by atoms with Crippen molar-refractivity contribution in [1.29, 1.82) is 0 Å². The van der Waals surface area contributed by atoms with Crippen molar-refractivity contribution in [2.75, 3.05) is 5.73 Å². The van der Waals surface area contributed by atoms with E-state index < -0.39 is 0 Å². The molecule has 94 valence electrons. The Hall–Kier alpha value is -0.900. The fourth-order valence-corrected chi connectivity index (χ4v) is 2.92. The number of rotatable bonds is 3. The Labute approximate surface area is 119 Å². The third kappa shape index (κ3) is 3.55. The van der Waals surface area contributed by atoms with E-state index in [1.54, 1.807) is 24.3 Å². The molecule has 0 atom stereocenters. The summed E-state index contributed by atoms with van der Waals surface area (Å²) < 4.78 is 13.2. The molecule has 0 saturated carbocycles. The second-order valence-corrected chi connectivity index (χ2v) is 5.64. The van der Waals surface area contributed by atoms with Crippen LogP contribution in [-0.4, -0.2) is 0 Å². The Balaban J connectivity index is 2.13. The molecule has 0 aliphatic heterocycles. The SMILES string of the molecule is Nc1cc(F)cc(SCc2cc(Cl)ccc2Cl)c1. The van der Waals surface area contributed by atoms with Gasteiger partial charge in [0.15, 0.2) is 0 Å². The number of anilines is 1. The number of nitrogen functional groups attached to an aromatic ring is 1. The Bertz CT molecular complexity index is 555. The summed E-state index contributed by atoms with van der Waals surface area (Å²) in [5.74, 6) is 0.275. The zero-order valence-electron chi connectivity index (χ0n) is 9.29. The molecule has 0 spiro atoms. The second kappa shape index (κ2) is 5.83. The molecule has 0 heterocycles. The average molecular weight is 302 g/mol. The lowest BCUT2D eigenvalue weighted by molar-refractivity contribution is 0.625. The molecule has 0 bridgehead atoms. The van der Waals surface area contributed by atoms with Crippen molar-refractivity contribution in [2.24, 2.45) is 0 Å². The monoisotopic (exact) mass is 301 g/mol. The molecule has 18 heavy (non-hydrogen) atoms. The highest BCUT2D eigenvalue weighted by Gasteiger charge is 2.04. The summed E-state index contributed by atoms with van der Waals surface area (Å²) in [5.41, 5.74) is 6.91. The average Bonchev–Trinajstić information content (AvgIpc) is 2.29. The van der Waals surface area contributed by atoms with Gasteiger partial charge in [-0.2, -0.15) is 0 Å². The first-order valence-corrected chi connectivity index (χ1v) is 6.91. The fourth-order valence-electron chi connectivity index (χ4n) is 1.48. The van der Waals surface area contributed by atoms with Crippen molar-refractivity contribution in [3.63, 3.8) is 0 Å². The lowest BCUT2D eigenvalue weighted by Gasteiger charge is -2.06.